The molecule has 2 aliphatic heterocycles. The predicted octanol–water partition coefficient (Wildman–Crippen LogP) is 7.53. The van der Waals surface area contributed by atoms with E-state index in [4.69, 9.17) is 24.2 Å². The lowest BCUT2D eigenvalue weighted by atomic mass is 9.95. The molecule has 2 saturated heterocycles. The van der Waals surface area contributed by atoms with E-state index in [9.17, 15) is 19.2 Å². The van der Waals surface area contributed by atoms with Crippen molar-refractivity contribution in [1.82, 2.24) is 40.4 Å². The Morgan fingerprint density at radius 2 is 1.32 bits per heavy atom. The van der Waals surface area contributed by atoms with Crippen LogP contribution in [0.25, 0.3) is 44.4 Å². The first kappa shape index (κ1) is 42.1. The van der Waals surface area contributed by atoms with E-state index in [1.165, 1.54) is 21.3 Å². The van der Waals surface area contributed by atoms with Crippen LogP contribution in [0.5, 0.6) is 0 Å². The number of methoxy groups -OCH3 is 3. The molecule has 5 aromatic rings. The molecule has 4 unspecified atom stereocenters. The summed E-state index contributed by atoms with van der Waals surface area (Å²) in [5.74, 6) is 1.39. The fourth-order valence-electron chi connectivity index (χ4n) is 10.2. The number of imidazole rings is 2. The zero-order chi connectivity index (χ0) is 44.2. The van der Waals surface area contributed by atoms with E-state index in [0.717, 1.165) is 94.6 Å². The summed E-state index contributed by atoms with van der Waals surface area (Å²) in [6.07, 6.45) is 7.68. The standard InChI is InChI=1S/C48H56N8O7/c1-26(2)39(53-46(59)62-5)45(58)56-35-16-15-34(21-35)41(56)43-50-23-36(52-43)29-9-7-28(8-10-29)30-11-12-32-20-33(14-13-31(32)19-30)37-24-49-42(51-37)38-22-48(17-18-48)25-55(38)44(57)40(27(3)61-4)54-47(60)63-6/h7-14,19-20,23-24,26-27,34-35,38-41H,15-18,21-22,25H2,1-6H3,(H,49,51)(H,50,52)(H,53,59)(H,54,60)/t27?,34?,35?,38-,39-,40-,41?/m0/s1. The Bertz CT molecular complexity index is 2530. The number of benzene rings is 3. The number of fused-ring (bicyclic) bond motifs is 3. The number of hydrogen-bond donors (Lipinski definition) is 4. The first-order valence-electron chi connectivity index (χ1n) is 22.0. The minimum atomic E-state index is -0.896. The molecule has 2 saturated carbocycles. The minimum absolute atomic E-state index is 0.0776. The molecule has 4 N–H and O–H groups in total. The molecule has 4 aliphatic rings. The van der Waals surface area contributed by atoms with Crippen molar-refractivity contribution in [2.24, 2.45) is 17.3 Å². The molecular formula is C48H56N8O7. The van der Waals surface area contributed by atoms with Gasteiger partial charge in [-0.2, -0.15) is 0 Å². The molecule has 15 nitrogen and oxygen atoms in total. The maximum absolute atomic E-state index is 14.0. The van der Waals surface area contributed by atoms with Crippen LogP contribution in [0.15, 0.2) is 73.1 Å². The van der Waals surface area contributed by atoms with Crippen molar-refractivity contribution < 1.29 is 33.4 Å². The fourth-order valence-corrected chi connectivity index (χ4v) is 10.2. The van der Waals surface area contributed by atoms with Gasteiger partial charge in [0.15, 0.2) is 0 Å². The van der Waals surface area contributed by atoms with Crippen LogP contribution in [0.2, 0.25) is 0 Å². The number of alkyl carbamates (subject to hydrolysis) is 2. The van der Waals surface area contributed by atoms with Gasteiger partial charge in [0.1, 0.15) is 23.7 Å². The molecule has 7 atom stereocenters. The molecular weight excluding hydrogens is 801 g/mol. The van der Waals surface area contributed by atoms with E-state index < -0.39 is 30.4 Å². The lowest BCUT2D eigenvalue weighted by Crippen LogP contribution is -2.54. The highest BCUT2D eigenvalue weighted by molar-refractivity contribution is 5.91. The topological polar surface area (TPSA) is 184 Å². The largest absolute Gasteiger partial charge is 0.453 e. The number of carbonyl (C=O) groups is 4. The van der Waals surface area contributed by atoms with Gasteiger partial charge < -0.3 is 44.6 Å². The monoisotopic (exact) mass is 856 g/mol. The predicted molar refractivity (Wildman–Crippen MR) is 236 cm³/mol. The summed E-state index contributed by atoms with van der Waals surface area (Å²) in [5, 5.41) is 7.63. The molecule has 15 heteroatoms. The summed E-state index contributed by atoms with van der Waals surface area (Å²) >= 11 is 0. The molecule has 330 valence electrons. The molecule has 2 bridgehead atoms. The number of aromatic amines is 2. The Hall–Kier alpha value is -6.22. The lowest BCUT2D eigenvalue weighted by molar-refractivity contribution is -0.139. The van der Waals surface area contributed by atoms with Crippen molar-refractivity contribution in [3.63, 3.8) is 0 Å². The van der Waals surface area contributed by atoms with E-state index in [-0.39, 0.29) is 41.3 Å². The summed E-state index contributed by atoms with van der Waals surface area (Å²) in [6, 6.07) is 19.3. The Labute approximate surface area is 366 Å². The quantitative estimate of drug-likeness (QED) is 0.0985. The Balaban J connectivity index is 0.894. The number of carbonyl (C=O) groups excluding carboxylic acids is 4. The van der Waals surface area contributed by atoms with Gasteiger partial charge >= 0.3 is 12.2 Å². The molecule has 0 radical (unpaired) electrons. The normalized spacial score (nSPS) is 22.3. The zero-order valence-corrected chi connectivity index (χ0v) is 36.6. The van der Waals surface area contributed by atoms with Gasteiger partial charge in [-0.15, -0.1) is 0 Å². The van der Waals surface area contributed by atoms with E-state index in [1.807, 2.05) is 36.0 Å². The SMILES string of the molecule is COC(=O)N[C@H](C(=O)N1C2CCC(C2)C1c1ncc(-c2ccc(-c3ccc4cc(-c5cnc([C@@H]6CC7(CC7)CN6C(=O)[C@@H](NC(=O)OC)C(C)OC)[nH]5)ccc4c3)cc2)[nH]1)C(C)C. The average molecular weight is 857 g/mol. The van der Waals surface area contributed by atoms with E-state index >= 15 is 0 Å². The molecule has 63 heavy (non-hydrogen) atoms. The smallest absolute Gasteiger partial charge is 0.407 e. The van der Waals surface area contributed by atoms with E-state index in [2.05, 4.69) is 81.3 Å². The number of H-pyrrole nitrogens is 2. The van der Waals surface area contributed by atoms with Crippen LogP contribution in [0.1, 0.15) is 83.0 Å². The maximum atomic E-state index is 14.0. The fraction of sp³-hybridized carbons (Fsp3) is 0.458. The van der Waals surface area contributed by atoms with Crippen molar-refractivity contribution in [3.8, 4) is 33.6 Å². The van der Waals surface area contributed by atoms with Gasteiger partial charge in [0, 0.05) is 25.3 Å². The summed E-state index contributed by atoms with van der Waals surface area (Å²) in [6.45, 7) is 6.22. The number of likely N-dealkylation sites (tertiary alicyclic amines) is 2. The molecule has 4 heterocycles. The van der Waals surface area contributed by atoms with Crippen LogP contribution in [0.4, 0.5) is 9.59 Å². The third kappa shape index (κ3) is 8.03. The molecule has 2 aromatic heterocycles. The molecule has 4 fully saturated rings. The second-order valence-electron chi connectivity index (χ2n) is 18.2. The van der Waals surface area contributed by atoms with Gasteiger partial charge in [-0.1, -0.05) is 62.4 Å². The number of ether oxygens (including phenoxy) is 3. The molecule has 2 aliphatic carbocycles. The molecule has 1 spiro atoms. The maximum Gasteiger partial charge on any atom is 0.407 e. The highest BCUT2D eigenvalue weighted by atomic mass is 16.5. The minimum Gasteiger partial charge on any atom is -0.453 e. The number of nitrogens with zero attached hydrogens (tertiary/aromatic N) is 4. The number of hydrogen-bond acceptors (Lipinski definition) is 9. The average Bonchev–Trinajstić information content (AvgIpc) is 3.94. The van der Waals surface area contributed by atoms with Crippen LogP contribution in [-0.4, -0.2) is 106 Å². The van der Waals surface area contributed by atoms with Gasteiger partial charge in [-0.25, -0.2) is 19.6 Å². The highest BCUT2D eigenvalue weighted by Crippen LogP contribution is 2.58. The summed E-state index contributed by atoms with van der Waals surface area (Å²) in [4.78, 5) is 72.8. The Morgan fingerprint density at radius 3 is 1.97 bits per heavy atom. The molecule has 3 aromatic carbocycles. The van der Waals surface area contributed by atoms with Crippen molar-refractivity contribution >= 4 is 34.8 Å². The third-order valence-corrected chi connectivity index (χ3v) is 14.0. The number of nitrogens with one attached hydrogen (secondary N) is 4. The van der Waals surface area contributed by atoms with Crippen molar-refractivity contribution in [2.75, 3.05) is 27.9 Å². The van der Waals surface area contributed by atoms with Gasteiger partial charge in [0.2, 0.25) is 11.8 Å². The first-order chi connectivity index (χ1) is 30.4. The first-order valence-corrected chi connectivity index (χ1v) is 22.0. The van der Waals surface area contributed by atoms with E-state index in [0.29, 0.717) is 12.5 Å². The summed E-state index contributed by atoms with van der Waals surface area (Å²) < 4.78 is 15.1. The van der Waals surface area contributed by atoms with Crippen LogP contribution in [0, 0.1) is 17.3 Å². The second kappa shape index (κ2) is 16.8. The van der Waals surface area contributed by atoms with Gasteiger partial charge in [-0.05, 0) is 102 Å². The van der Waals surface area contributed by atoms with Gasteiger partial charge in [-0.3, -0.25) is 9.59 Å². The van der Waals surface area contributed by atoms with Crippen molar-refractivity contribution in [2.45, 2.75) is 95.6 Å². The van der Waals surface area contributed by atoms with Crippen LogP contribution in [-0.2, 0) is 23.8 Å². The highest BCUT2D eigenvalue weighted by Gasteiger charge is 2.55. The van der Waals surface area contributed by atoms with Crippen LogP contribution < -0.4 is 10.6 Å². The van der Waals surface area contributed by atoms with Crippen LogP contribution in [0.3, 0.4) is 0 Å². The van der Waals surface area contributed by atoms with Gasteiger partial charge in [0.25, 0.3) is 0 Å². The number of aromatic nitrogens is 4. The van der Waals surface area contributed by atoms with Gasteiger partial charge in [0.05, 0.1) is 56.2 Å². The number of piperidine rings is 1. The lowest BCUT2D eigenvalue weighted by Gasteiger charge is -2.37. The van der Waals surface area contributed by atoms with Crippen LogP contribution >= 0.6 is 0 Å². The second-order valence-corrected chi connectivity index (χ2v) is 18.2. The summed E-state index contributed by atoms with van der Waals surface area (Å²) in [7, 11) is 4.10. The third-order valence-electron chi connectivity index (χ3n) is 14.0. The van der Waals surface area contributed by atoms with Crippen molar-refractivity contribution in [3.05, 3.63) is 84.7 Å². The Kier molecular flexibility index (Phi) is 11.2. The van der Waals surface area contributed by atoms with Crippen molar-refractivity contribution in [1.29, 1.82) is 0 Å². The van der Waals surface area contributed by atoms with E-state index in [1.54, 1.807) is 6.92 Å². The number of rotatable bonds is 12. The summed E-state index contributed by atoms with van der Waals surface area (Å²) in [5.41, 5.74) is 5.98. The number of amides is 4. The Morgan fingerprint density at radius 1 is 0.730 bits per heavy atom. The molecule has 9 rings (SSSR count). The zero-order valence-electron chi connectivity index (χ0n) is 36.6. The molecule has 4 amide bonds.